The van der Waals surface area contributed by atoms with Crippen LogP contribution >= 0.6 is 0 Å². The van der Waals surface area contributed by atoms with Gasteiger partial charge in [0.1, 0.15) is 0 Å². The van der Waals surface area contributed by atoms with Gasteiger partial charge in [-0.3, -0.25) is 10.1 Å². The maximum Gasteiger partial charge on any atom is 0.308 e. The molecule has 0 amide bonds. The monoisotopic (exact) mass is 170 g/mol. The third-order valence-electron chi connectivity index (χ3n) is 2.92. The van der Waals surface area contributed by atoms with E-state index in [9.17, 15) is 4.79 Å². The normalized spacial score (nSPS) is 40.8. The largest absolute Gasteiger partial charge is 0.481 e. The van der Waals surface area contributed by atoms with Crippen LogP contribution in [0.2, 0.25) is 0 Å². The van der Waals surface area contributed by atoms with E-state index < -0.39 is 5.97 Å². The van der Waals surface area contributed by atoms with Crippen LogP contribution in [0.1, 0.15) is 19.3 Å². The molecule has 1 aliphatic heterocycles. The Bertz CT molecular complexity index is 195. The molecule has 1 heterocycles. The Morgan fingerprint density at radius 1 is 1.33 bits per heavy atom. The van der Waals surface area contributed by atoms with Crippen LogP contribution in [-0.2, 0) is 4.79 Å². The molecular formula is C8H14N2O2. The van der Waals surface area contributed by atoms with E-state index in [1.807, 2.05) is 0 Å². The number of aliphatic carboxylic acids is 1. The maximum absolute atomic E-state index is 10.8. The minimum Gasteiger partial charge on any atom is -0.481 e. The van der Waals surface area contributed by atoms with Gasteiger partial charge < -0.3 is 10.4 Å². The molecule has 4 nitrogen and oxygen atoms in total. The van der Waals surface area contributed by atoms with Gasteiger partial charge >= 0.3 is 5.97 Å². The fraction of sp³-hybridized carbons (Fsp3) is 0.875. The van der Waals surface area contributed by atoms with Crippen molar-refractivity contribution in [3.05, 3.63) is 0 Å². The molecule has 3 N–H and O–H groups in total. The molecular weight excluding hydrogens is 156 g/mol. The van der Waals surface area contributed by atoms with Gasteiger partial charge in [0.2, 0.25) is 0 Å². The van der Waals surface area contributed by atoms with Gasteiger partial charge in [0.25, 0.3) is 0 Å². The van der Waals surface area contributed by atoms with Gasteiger partial charge in [-0.05, 0) is 12.8 Å². The third kappa shape index (κ3) is 1.21. The topological polar surface area (TPSA) is 61.4 Å². The predicted molar refractivity (Wildman–Crippen MR) is 43.7 cm³/mol. The quantitative estimate of drug-likeness (QED) is 0.508. The van der Waals surface area contributed by atoms with E-state index >= 15 is 0 Å². The molecule has 0 aromatic rings. The zero-order valence-corrected chi connectivity index (χ0v) is 6.92. The molecule has 12 heavy (non-hydrogen) atoms. The van der Waals surface area contributed by atoms with Crippen LogP contribution in [0.25, 0.3) is 0 Å². The summed E-state index contributed by atoms with van der Waals surface area (Å²) in [7, 11) is 0. The first-order chi connectivity index (χ1) is 5.79. The molecule has 1 aliphatic carbocycles. The van der Waals surface area contributed by atoms with Gasteiger partial charge in [-0.1, -0.05) is 6.42 Å². The van der Waals surface area contributed by atoms with Crippen molar-refractivity contribution in [2.45, 2.75) is 31.3 Å². The number of nitrogens with one attached hydrogen (secondary N) is 2. The Morgan fingerprint density at radius 2 is 2.17 bits per heavy atom. The summed E-state index contributed by atoms with van der Waals surface area (Å²) in [5, 5.41) is 15.4. The number of rotatable bonds is 1. The average Bonchev–Trinajstić information content (AvgIpc) is 2.49. The second-order valence-corrected chi connectivity index (χ2v) is 3.59. The van der Waals surface area contributed by atoms with E-state index in [1.54, 1.807) is 0 Å². The van der Waals surface area contributed by atoms with Gasteiger partial charge in [0.05, 0.1) is 5.92 Å². The fourth-order valence-corrected chi connectivity index (χ4v) is 2.30. The standard InChI is InChI=1S/C8H14N2O2/c11-8(12)5-2-1-3-6-7(5)10-4-9-6/h5-7,9-10H,1-4H2,(H,11,12). The number of carbonyl (C=O) groups is 1. The van der Waals surface area contributed by atoms with Crippen molar-refractivity contribution in [3.8, 4) is 0 Å². The lowest BCUT2D eigenvalue weighted by molar-refractivity contribution is -0.143. The molecule has 2 fully saturated rings. The number of hydrogen-bond acceptors (Lipinski definition) is 3. The highest BCUT2D eigenvalue weighted by molar-refractivity contribution is 5.71. The van der Waals surface area contributed by atoms with E-state index in [2.05, 4.69) is 10.6 Å². The zero-order valence-electron chi connectivity index (χ0n) is 6.92. The molecule has 3 atom stereocenters. The summed E-state index contributed by atoms with van der Waals surface area (Å²) in [5.41, 5.74) is 0. The molecule has 2 rings (SSSR count). The van der Waals surface area contributed by atoms with Crippen molar-refractivity contribution in [3.63, 3.8) is 0 Å². The maximum atomic E-state index is 10.8. The van der Waals surface area contributed by atoms with Crippen LogP contribution in [-0.4, -0.2) is 29.8 Å². The lowest BCUT2D eigenvalue weighted by Gasteiger charge is -2.30. The van der Waals surface area contributed by atoms with E-state index in [4.69, 9.17) is 5.11 Å². The molecule has 3 unspecified atom stereocenters. The summed E-state index contributed by atoms with van der Waals surface area (Å²) >= 11 is 0. The van der Waals surface area contributed by atoms with Crippen LogP contribution in [0, 0.1) is 5.92 Å². The van der Waals surface area contributed by atoms with Crippen LogP contribution in [0.5, 0.6) is 0 Å². The summed E-state index contributed by atoms with van der Waals surface area (Å²) in [6, 6.07) is 0.552. The van der Waals surface area contributed by atoms with Gasteiger partial charge in [-0.25, -0.2) is 0 Å². The van der Waals surface area contributed by atoms with Crippen LogP contribution in [0.3, 0.4) is 0 Å². The minimum atomic E-state index is -0.652. The Morgan fingerprint density at radius 3 is 2.92 bits per heavy atom. The van der Waals surface area contributed by atoms with Gasteiger partial charge in [-0.2, -0.15) is 0 Å². The van der Waals surface area contributed by atoms with Crippen molar-refractivity contribution < 1.29 is 9.90 Å². The highest BCUT2D eigenvalue weighted by Gasteiger charge is 2.39. The summed E-state index contributed by atoms with van der Waals surface area (Å²) < 4.78 is 0. The van der Waals surface area contributed by atoms with Crippen molar-refractivity contribution in [1.29, 1.82) is 0 Å². The lowest BCUT2D eigenvalue weighted by atomic mass is 9.82. The summed E-state index contributed by atoms with van der Waals surface area (Å²) in [5.74, 6) is -0.834. The molecule has 0 bridgehead atoms. The molecule has 0 spiro atoms. The number of carboxylic acids is 1. The van der Waals surface area contributed by atoms with E-state index in [0.717, 1.165) is 25.9 Å². The molecule has 0 aromatic carbocycles. The average molecular weight is 170 g/mol. The number of carboxylic acid groups (broad SMARTS) is 1. The zero-order chi connectivity index (χ0) is 8.55. The SMILES string of the molecule is O=C(O)C1CCCC2NCNC21. The fourth-order valence-electron chi connectivity index (χ4n) is 2.30. The van der Waals surface area contributed by atoms with E-state index in [0.29, 0.717) is 6.04 Å². The van der Waals surface area contributed by atoms with Crippen molar-refractivity contribution >= 4 is 5.97 Å². The predicted octanol–water partition coefficient (Wildman–Crippen LogP) is -0.241. The molecule has 1 saturated heterocycles. The van der Waals surface area contributed by atoms with Crippen molar-refractivity contribution in [2.24, 2.45) is 5.92 Å². The highest BCUT2D eigenvalue weighted by atomic mass is 16.4. The summed E-state index contributed by atoms with van der Waals surface area (Å²) in [6.45, 7) is 0.763. The Kier molecular flexibility index (Phi) is 2.02. The Balaban J connectivity index is 2.08. The summed E-state index contributed by atoms with van der Waals surface area (Å²) in [6.07, 6.45) is 2.97. The lowest BCUT2D eigenvalue weighted by Crippen LogP contribution is -2.46. The molecule has 68 valence electrons. The van der Waals surface area contributed by atoms with Crippen LogP contribution in [0.15, 0.2) is 0 Å². The smallest absolute Gasteiger partial charge is 0.308 e. The molecule has 0 aromatic heterocycles. The van der Waals surface area contributed by atoms with Crippen molar-refractivity contribution in [1.82, 2.24) is 10.6 Å². The van der Waals surface area contributed by atoms with Gasteiger partial charge in [0.15, 0.2) is 0 Å². The number of hydrogen-bond donors (Lipinski definition) is 3. The van der Waals surface area contributed by atoms with Crippen LogP contribution in [0.4, 0.5) is 0 Å². The molecule has 4 heteroatoms. The van der Waals surface area contributed by atoms with E-state index in [-0.39, 0.29) is 12.0 Å². The third-order valence-corrected chi connectivity index (χ3v) is 2.92. The summed E-state index contributed by atoms with van der Waals surface area (Å²) in [4.78, 5) is 10.8. The Hall–Kier alpha value is -0.610. The highest BCUT2D eigenvalue weighted by Crippen LogP contribution is 2.26. The van der Waals surface area contributed by atoms with E-state index in [1.165, 1.54) is 0 Å². The first-order valence-electron chi connectivity index (χ1n) is 4.48. The van der Waals surface area contributed by atoms with Gasteiger partial charge in [0, 0.05) is 18.8 Å². The second-order valence-electron chi connectivity index (χ2n) is 3.59. The van der Waals surface area contributed by atoms with Crippen molar-refractivity contribution in [2.75, 3.05) is 6.67 Å². The first-order valence-corrected chi connectivity index (χ1v) is 4.48. The number of fused-ring (bicyclic) bond motifs is 1. The molecule has 0 radical (unpaired) electrons. The molecule has 2 aliphatic rings. The minimum absolute atomic E-state index is 0.163. The first kappa shape index (κ1) is 8.01. The Labute approximate surface area is 71.3 Å². The molecule has 1 saturated carbocycles. The van der Waals surface area contributed by atoms with Crippen LogP contribution < -0.4 is 10.6 Å². The van der Waals surface area contributed by atoms with Gasteiger partial charge in [-0.15, -0.1) is 0 Å². The second kappa shape index (κ2) is 3.03.